The Balaban J connectivity index is 1.85. The molecule has 1 aromatic heterocycles. The van der Waals surface area contributed by atoms with Gasteiger partial charge < -0.3 is 20.5 Å². The monoisotopic (exact) mass is 305 g/mol. The van der Waals surface area contributed by atoms with E-state index in [9.17, 15) is 4.79 Å². The van der Waals surface area contributed by atoms with Gasteiger partial charge in [-0.15, -0.1) is 11.3 Å². The molecule has 1 aliphatic rings. The third kappa shape index (κ3) is 2.92. The number of aromatic nitrogens is 1. The highest BCUT2D eigenvalue weighted by Gasteiger charge is 2.16. The zero-order valence-corrected chi connectivity index (χ0v) is 12.3. The molecule has 3 N–H and O–H groups in total. The van der Waals surface area contributed by atoms with E-state index in [0.29, 0.717) is 41.0 Å². The van der Waals surface area contributed by atoms with Crippen LogP contribution in [0.3, 0.4) is 0 Å². The van der Waals surface area contributed by atoms with Gasteiger partial charge in [-0.1, -0.05) is 0 Å². The molecule has 21 heavy (non-hydrogen) atoms. The molecule has 3 rings (SSSR count). The molecule has 2 aromatic rings. The zero-order valence-electron chi connectivity index (χ0n) is 11.5. The first-order valence-corrected chi connectivity index (χ1v) is 7.38. The molecule has 0 atom stereocenters. The van der Waals surface area contributed by atoms with Crippen molar-refractivity contribution in [2.75, 3.05) is 24.3 Å². The van der Waals surface area contributed by atoms with Crippen LogP contribution in [-0.4, -0.2) is 24.1 Å². The molecule has 0 radical (unpaired) electrons. The number of anilines is 2. The maximum absolute atomic E-state index is 12.1. The summed E-state index contributed by atoms with van der Waals surface area (Å²) in [4.78, 5) is 16.8. The number of rotatable bonds is 2. The molecule has 2 heterocycles. The molecule has 7 heteroatoms. The van der Waals surface area contributed by atoms with Crippen LogP contribution in [-0.2, 0) is 0 Å². The van der Waals surface area contributed by atoms with Gasteiger partial charge in [-0.3, -0.25) is 4.79 Å². The minimum atomic E-state index is -0.234. The smallest absolute Gasteiger partial charge is 0.267 e. The van der Waals surface area contributed by atoms with Crippen molar-refractivity contribution in [2.24, 2.45) is 0 Å². The molecule has 0 saturated heterocycles. The Hall–Kier alpha value is -2.28. The lowest BCUT2D eigenvalue weighted by Gasteiger charge is -2.12. The Bertz CT molecular complexity index is 684. The SMILES string of the molecule is Cc1ncc(C(=O)Nc2cc3c(cc2N)OCCCO3)s1. The summed E-state index contributed by atoms with van der Waals surface area (Å²) in [5.41, 5.74) is 6.91. The van der Waals surface area contributed by atoms with Gasteiger partial charge >= 0.3 is 0 Å². The number of nitrogen functional groups attached to an aromatic ring is 1. The standard InChI is InChI=1S/C14H15N3O3S/c1-8-16-7-13(21-8)14(18)17-10-6-12-11(5-9(10)15)19-3-2-4-20-12/h5-7H,2-4,15H2,1H3,(H,17,18). The maximum Gasteiger partial charge on any atom is 0.267 e. The van der Waals surface area contributed by atoms with Crippen LogP contribution in [0.5, 0.6) is 11.5 Å². The molecule has 0 spiro atoms. The Labute approximate surface area is 125 Å². The second-order valence-electron chi connectivity index (χ2n) is 4.63. The lowest BCUT2D eigenvalue weighted by molar-refractivity contribution is 0.103. The highest BCUT2D eigenvalue weighted by molar-refractivity contribution is 7.13. The van der Waals surface area contributed by atoms with Gasteiger partial charge in [0.05, 0.1) is 35.8 Å². The lowest BCUT2D eigenvalue weighted by atomic mass is 10.2. The fourth-order valence-electron chi connectivity index (χ4n) is 1.98. The minimum absolute atomic E-state index is 0.234. The normalized spacial score (nSPS) is 13.6. The number of amides is 1. The zero-order chi connectivity index (χ0) is 14.8. The first-order chi connectivity index (χ1) is 10.1. The van der Waals surface area contributed by atoms with Crippen molar-refractivity contribution in [2.45, 2.75) is 13.3 Å². The van der Waals surface area contributed by atoms with Crippen LogP contribution >= 0.6 is 11.3 Å². The summed E-state index contributed by atoms with van der Waals surface area (Å²) in [6.07, 6.45) is 2.37. The van der Waals surface area contributed by atoms with Crippen molar-refractivity contribution in [3.63, 3.8) is 0 Å². The third-order valence-electron chi connectivity index (χ3n) is 3.01. The van der Waals surface area contributed by atoms with E-state index in [1.165, 1.54) is 11.3 Å². The number of nitrogens with two attached hydrogens (primary N) is 1. The minimum Gasteiger partial charge on any atom is -0.489 e. The average molecular weight is 305 g/mol. The number of aryl methyl sites for hydroxylation is 1. The molecule has 1 aromatic carbocycles. The van der Waals surface area contributed by atoms with Gasteiger partial charge in [-0.25, -0.2) is 4.98 Å². The van der Waals surface area contributed by atoms with E-state index in [4.69, 9.17) is 15.2 Å². The summed E-state index contributed by atoms with van der Waals surface area (Å²) < 4.78 is 11.1. The summed E-state index contributed by atoms with van der Waals surface area (Å²) in [7, 11) is 0. The van der Waals surface area contributed by atoms with Gasteiger partial charge in [0.15, 0.2) is 11.5 Å². The largest absolute Gasteiger partial charge is 0.489 e. The number of nitrogens with one attached hydrogen (secondary N) is 1. The Morgan fingerprint density at radius 3 is 2.71 bits per heavy atom. The summed E-state index contributed by atoms with van der Waals surface area (Å²) in [5, 5.41) is 3.62. The molecule has 110 valence electrons. The van der Waals surface area contributed by atoms with Gasteiger partial charge in [-0.2, -0.15) is 0 Å². The molecule has 0 aliphatic carbocycles. The quantitative estimate of drug-likeness (QED) is 0.832. The molecule has 0 bridgehead atoms. The van der Waals surface area contributed by atoms with E-state index in [-0.39, 0.29) is 5.91 Å². The van der Waals surface area contributed by atoms with Gasteiger partial charge in [0.1, 0.15) is 4.88 Å². The summed E-state index contributed by atoms with van der Waals surface area (Å²) in [6.45, 7) is 3.03. The van der Waals surface area contributed by atoms with Gasteiger partial charge in [0.25, 0.3) is 5.91 Å². The van der Waals surface area contributed by atoms with E-state index in [2.05, 4.69) is 10.3 Å². The van der Waals surface area contributed by atoms with E-state index in [1.807, 2.05) is 6.92 Å². The third-order valence-corrected chi connectivity index (χ3v) is 3.92. The Morgan fingerprint density at radius 1 is 1.33 bits per heavy atom. The first kappa shape index (κ1) is 13.7. The van der Waals surface area contributed by atoms with Crippen LogP contribution < -0.4 is 20.5 Å². The van der Waals surface area contributed by atoms with Crippen molar-refractivity contribution in [3.8, 4) is 11.5 Å². The van der Waals surface area contributed by atoms with Gasteiger partial charge in [-0.05, 0) is 6.92 Å². The van der Waals surface area contributed by atoms with Crippen molar-refractivity contribution in [1.82, 2.24) is 4.98 Å². The predicted molar refractivity (Wildman–Crippen MR) is 81.3 cm³/mol. The van der Waals surface area contributed by atoms with Gasteiger partial charge in [0.2, 0.25) is 0 Å². The number of ether oxygens (including phenoxy) is 2. The number of fused-ring (bicyclic) bond motifs is 1. The van der Waals surface area contributed by atoms with E-state index in [1.54, 1.807) is 18.3 Å². The molecular weight excluding hydrogens is 290 g/mol. The second kappa shape index (κ2) is 5.61. The summed E-state index contributed by atoms with van der Waals surface area (Å²) in [5.74, 6) is 0.968. The Kier molecular flexibility index (Phi) is 3.66. The molecular formula is C14H15N3O3S. The second-order valence-corrected chi connectivity index (χ2v) is 5.87. The van der Waals surface area contributed by atoms with E-state index in [0.717, 1.165) is 11.4 Å². The van der Waals surface area contributed by atoms with Crippen LogP contribution in [0, 0.1) is 6.92 Å². The van der Waals surface area contributed by atoms with Crippen molar-refractivity contribution >= 4 is 28.6 Å². The van der Waals surface area contributed by atoms with Crippen LogP contribution in [0.4, 0.5) is 11.4 Å². The molecule has 0 unspecified atom stereocenters. The van der Waals surface area contributed by atoms with Crippen molar-refractivity contribution < 1.29 is 14.3 Å². The number of carbonyl (C=O) groups excluding carboxylic acids is 1. The number of carbonyl (C=O) groups is 1. The average Bonchev–Trinajstić information content (AvgIpc) is 2.76. The van der Waals surface area contributed by atoms with Crippen LogP contribution in [0.25, 0.3) is 0 Å². The fourth-order valence-corrected chi connectivity index (χ4v) is 2.66. The van der Waals surface area contributed by atoms with Gasteiger partial charge in [0, 0.05) is 18.6 Å². The Morgan fingerprint density at radius 2 is 2.05 bits per heavy atom. The van der Waals surface area contributed by atoms with E-state index < -0.39 is 0 Å². The molecule has 0 saturated carbocycles. The van der Waals surface area contributed by atoms with Crippen LogP contribution in [0.15, 0.2) is 18.3 Å². The molecule has 1 aliphatic heterocycles. The van der Waals surface area contributed by atoms with Crippen molar-refractivity contribution in [3.05, 3.63) is 28.2 Å². The van der Waals surface area contributed by atoms with Crippen molar-refractivity contribution in [1.29, 1.82) is 0 Å². The summed E-state index contributed by atoms with van der Waals surface area (Å²) in [6, 6.07) is 3.37. The fraction of sp³-hybridized carbons (Fsp3) is 0.286. The maximum atomic E-state index is 12.1. The van der Waals surface area contributed by atoms with Crippen LogP contribution in [0.1, 0.15) is 21.1 Å². The molecule has 6 nitrogen and oxygen atoms in total. The number of hydrogen-bond donors (Lipinski definition) is 2. The highest BCUT2D eigenvalue weighted by Crippen LogP contribution is 2.36. The number of thiazole rings is 1. The number of nitrogens with zero attached hydrogens (tertiary/aromatic N) is 1. The molecule has 1 amide bonds. The molecule has 0 fully saturated rings. The highest BCUT2D eigenvalue weighted by atomic mass is 32.1. The lowest BCUT2D eigenvalue weighted by Crippen LogP contribution is -2.12. The number of hydrogen-bond acceptors (Lipinski definition) is 6. The predicted octanol–water partition coefficient (Wildman–Crippen LogP) is 2.45. The number of benzene rings is 1. The van der Waals surface area contributed by atoms with E-state index >= 15 is 0 Å². The van der Waals surface area contributed by atoms with Crippen LogP contribution in [0.2, 0.25) is 0 Å². The first-order valence-electron chi connectivity index (χ1n) is 6.56. The topological polar surface area (TPSA) is 86.5 Å². The summed E-state index contributed by atoms with van der Waals surface area (Å²) >= 11 is 1.33.